The first-order chi connectivity index (χ1) is 13.0. The van der Waals surface area contributed by atoms with Gasteiger partial charge in [0.25, 0.3) is 0 Å². The van der Waals surface area contributed by atoms with E-state index in [0.29, 0.717) is 11.4 Å². The van der Waals surface area contributed by atoms with Crippen molar-refractivity contribution in [2.24, 2.45) is 0 Å². The lowest BCUT2D eigenvalue weighted by atomic mass is 10.2. The van der Waals surface area contributed by atoms with E-state index < -0.39 is 5.82 Å². The van der Waals surface area contributed by atoms with Crippen molar-refractivity contribution in [3.8, 4) is 5.75 Å². The van der Waals surface area contributed by atoms with Gasteiger partial charge in [0.05, 0.1) is 5.02 Å². The van der Waals surface area contributed by atoms with E-state index in [1.165, 1.54) is 42.6 Å². The van der Waals surface area contributed by atoms with Gasteiger partial charge in [0.1, 0.15) is 18.2 Å². The smallest absolute Gasteiger partial charge is 0.198 e. The molecule has 0 radical (unpaired) electrons. The van der Waals surface area contributed by atoms with Gasteiger partial charge in [0.2, 0.25) is 0 Å². The van der Waals surface area contributed by atoms with E-state index in [1.54, 1.807) is 18.2 Å². The molecule has 0 aliphatic heterocycles. The molecule has 27 heavy (non-hydrogen) atoms. The first-order valence-electron chi connectivity index (χ1n) is 7.92. The first-order valence-corrected chi connectivity index (χ1v) is 8.29. The van der Waals surface area contributed by atoms with Crippen molar-refractivity contribution in [2.45, 2.75) is 6.61 Å². The number of guanidine groups is 1. The Hall–Kier alpha value is -3.19. The highest BCUT2D eigenvalue weighted by Crippen LogP contribution is 2.25. The van der Waals surface area contributed by atoms with E-state index in [-0.39, 0.29) is 34.8 Å². The van der Waals surface area contributed by atoms with Crippen molar-refractivity contribution < 1.29 is 13.5 Å². The van der Waals surface area contributed by atoms with Crippen LogP contribution in [0.1, 0.15) is 5.56 Å². The molecule has 0 unspecified atom stereocenters. The molecule has 0 spiro atoms. The highest BCUT2D eigenvalue weighted by atomic mass is 35.5. The van der Waals surface area contributed by atoms with Crippen molar-refractivity contribution >= 4 is 29.1 Å². The third-order valence-corrected chi connectivity index (χ3v) is 3.92. The fourth-order valence-corrected chi connectivity index (χ4v) is 2.47. The van der Waals surface area contributed by atoms with Crippen LogP contribution < -0.4 is 15.4 Å². The van der Waals surface area contributed by atoms with Gasteiger partial charge in [-0.25, -0.2) is 13.8 Å². The average Bonchev–Trinajstić information content (AvgIpc) is 2.64. The number of halogens is 3. The standard InChI is InChI=1S/C19H15ClF2N4O/c20-15-3-1-4-16(22)14(15)11-27-17-5-2-10-24-18(17)26-19(23)25-13-8-6-12(21)7-9-13/h1-10H,11H2,(H3,23,24,25,26). The minimum atomic E-state index is -0.466. The summed E-state index contributed by atoms with van der Waals surface area (Å²) >= 11 is 6.00. The number of benzene rings is 2. The third-order valence-electron chi connectivity index (χ3n) is 3.56. The van der Waals surface area contributed by atoms with Crippen LogP contribution in [0.5, 0.6) is 5.75 Å². The van der Waals surface area contributed by atoms with Crippen molar-refractivity contribution in [1.82, 2.24) is 4.98 Å². The number of nitrogens with zero attached hydrogens (tertiary/aromatic N) is 1. The molecule has 3 rings (SSSR count). The minimum Gasteiger partial charge on any atom is -0.485 e. The number of aromatic nitrogens is 1. The Bertz CT molecular complexity index is 930. The Labute approximate surface area is 159 Å². The zero-order valence-corrected chi connectivity index (χ0v) is 14.7. The summed E-state index contributed by atoms with van der Waals surface area (Å²) in [6, 6.07) is 13.2. The van der Waals surface area contributed by atoms with Crippen LogP contribution >= 0.6 is 11.6 Å². The molecule has 3 N–H and O–H groups in total. The summed E-state index contributed by atoms with van der Waals surface area (Å²) in [5.74, 6) is -0.333. The largest absolute Gasteiger partial charge is 0.485 e. The second kappa shape index (κ2) is 8.46. The Morgan fingerprint density at radius 1 is 1.04 bits per heavy atom. The highest BCUT2D eigenvalue weighted by Gasteiger charge is 2.11. The molecule has 2 aromatic carbocycles. The molecular weight excluding hydrogens is 374 g/mol. The molecule has 1 heterocycles. The van der Waals surface area contributed by atoms with Gasteiger partial charge in [-0.3, -0.25) is 5.41 Å². The molecule has 3 aromatic rings. The Balaban J connectivity index is 1.68. The molecular formula is C19H15ClF2N4O. The Kier molecular flexibility index (Phi) is 5.83. The quantitative estimate of drug-likeness (QED) is 0.422. The number of rotatable bonds is 5. The van der Waals surface area contributed by atoms with Gasteiger partial charge in [-0.05, 0) is 48.5 Å². The molecule has 5 nitrogen and oxygen atoms in total. The summed E-state index contributed by atoms with van der Waals surface area (Å²) in [5, 5.41) is 13.8. The summed E-state index contributed by atoms with van der Waals surface area (Å²) in [4.78, 5) is 4.13. The predicted octanol–water partition coefficient (Wildman–Crippen LogP) is 5.05. The number of pyridine rings is 1. The first kappa shape index (κ1) is 18.6. The normalized spacial score (nSPS) is 10.3. The summed E-state index contributed by atoms with van der Waals surface area (Å²) < 4.78 is 32.4. The zero-order chi connectivity index (χ0) is 19.2. The Morgan fingerprint density at radius 3 is 2.56 bits per heavy atom. The minimum absolute atomic E-state index is 0.0888. The summed E-state index contributed by atoms with van der Waals surface area (Å²) in [7, 11) is 0. The van der Waals surface area contributed by atoms with Crippen molar-refractivity contribution in [2.75, 3.05) is 10.6 Å². The van der Waals surface area contributed by atoms with Crippen LogP contribution in [0.3, 0.4) is 0 Å². The van der Waals surface area contributed by atoms with Crippen LogP contribution in [0, 0.1) is 17.0 Å². The number of ether oxygens (including phenoxy) is 1. The van der Waals surface area contributed by atoms with E-state index in [2.05, 4.69) is 15.6 Å². The van der Waals surface area contributed by atoms with Crippen molar-refractivity contribution in [3.05, 3.63) is 83.0 Å². The zero-order valence-electron chi connectivity index (χ0n) is 14.0. The van der Waals surface area contributed by atoms with E-state index in [1.807, 2.05) is 0 Å². The second-order valence-corrected chi connectivity index (χ2v) is 5.88. The van der Waals surface area contributed by atoms with Crippen LogP contribution in [-0.4, -0.2) is 10.9 Å². The number of nitrogens with one attached hydrogen (secondary N) is 3. The molecule has 0 saturated carbocycles. The maximum absolute atomic E-state index is 13.9. The molecule has 0 bridgehead atoms. The summed E-state index contributed by atoms with van der Waals surface area (Å²) in [6.45, 7) is -0.0927. The molecule has 0 aliphatic carbocycles. The summed E-state index contributed by atoms with van der Waals surface area (Å²) in [5.41, 5.74) is 0.763. The maximum Gasteiger partial charge on any atom is 0.198 e. The topological polar surface area (TPSA) is 70.0 Å². The number of hydrogen-bond acceptors (Lipinski definition) is 3. The van der Waals surface area contributed by atoms with E-state index in [9.17, 15) is 8.78 Å². The van der Waals surface area contributed by atoms with Gasteiger partial charge in [-0.1, -0.05) is 17.7 Å². The average molecular weight is 389 g/mol. The fraction of sp³-hybridized carbons (Fsp3) is 0.0526. The molecule has 0 aliphatic rings. The predicted molar refractivity (Wildman–Crippen MR) is 101 cm³/mol. The van der Waals surface area contributed by atoms with Crippen LogP contribution in [0.15, 0.2) is 60.8 Å². The molecule has 0 amide bonds. The third kappa shape index (κ3) is 4.92. The van der Waals surface area contributed by atoms with Crippen molar-refractivity contribution in [3.63, 3.8) is 0 Å². The fourth-order valence-electron chi connectivity index (χ4n) is 2.25. The van der Waals surface area contributed by atoms with E-state index in [4.69, 9.17) is 21.7 Å². The second-order valence-electron chi connectivity index (χ2n) is 5.47. The van der Waals surface area contributed by atoms with Gasteiger partial charge >= 0.3 is 0 Å². The monoisotopic (exact) mass is 388 g/mol. The molecule has 0 saturated heterocycles. The van der Waals surface area contributed by atoms with E-state index >= 15 is 0 Å². The highest BCUT2D eigenvalue weighted by molar-refractivity contribution is 6.31. The lowest BCUT2D eigenvalue weighted by Gasteiger charge is -2.14. The van der Waals surface area contributed by atoms with Gasteiger partial charge in [-0.15, -0.1) is 0 Å². The van der Waals surface area contributed by atoms with Gasteiger partial charge < -0.3 is 15.4 Å². The van der Waals surface area contributed by atoms with Gasteiger partial charge in [-0.2, -0.15) is 0 Å². The summed E-state index contributed by atoms with van der Waals surface area (Å²) in [6.07, 6.45) is 1.52. The molecule has 1 aromatic heterocycles. The maximum atomic E-state index is 13.9. The molecule has 8 heteroatoms. The number of anilines is 2. The Morgan fingerprint density at radius 2 is 1.81 bits per heavy atom. The van der Waals surface area contributed by atoms with Crippen LogP contribution in [0.4, 0.5) is 20.3 Å². The van der Waals surface area contributed by atoms with E-state index in [0.717, 1.165) is 0 Å². The van der Waals surface area contributed by atoms with Crippen molar-refractivity contribution in [1.29, 1.82) is 5.41 Å². The molecule has 0 atom stereocenters. The number of hydrogen-bond donors (Lipinski definition) is 3. The van der Waals surface area contributed by atoms with Gasteiger partial charge in [0.15, 0.2) is 17.5 Å². The van der Waals surface area contributed by atoms with Crippen LogP contribution in [0.2, 0.25) is 5.02 Å². The van der Waals surface area contributed by atoms with Gasteiger partial charge in [0, 0.05) is 17.4 Å². The molecule has 0 fully saturated rings. The molecule has 138 valence electrons. The van der Waals surface area contributed by atoms with Crippen LogP contribution in [0.25, 0.3) is 0 Å². The lowest BCUT2D eigenvalue weighted by Crippen LogP contribution is -2.21. The SMILES string of the molecule is N=C(Nc1ccc(F)cc1)Nc1ncccc1OCc1c(F)cccc1Cl. The van der Waals surface area contributed by atoms with Crippen LogP contribution in [-0.2, 0) is 6.61 Å². The lowest BCUT2D eigenvalue weighted by molar-refractivity contribution is 0.300.